The molecule has 0 saturated carbocycles. The van der Waals surface area contributed by atoms with Crippen molar-refractivity contribution in [2.75, 3.05) is 29.0 Å². The van der Waals surface area contributed by atoms with E-state index in [1.165, 1.54) is 16.1 Å². The number of carbonyl (C=O) groups is 1. The summed E-state index contributed by atoms with van der Waals surface area (Å²) in [5.74, 6) is 0.440. The molecule has 1 aliphatic rings. The largest absolute Gasteiger partial charge is 0.489 e. The molecular weight excluding hydrogens is 412 g/mol. The molecule has 0 bridgehead atoms. The SMILES string of the molecule is CSc1cccc(S(=O)(=O)N2CCOc3ccc(NC(=O)OC(C)(C)C)cc32)c1. The van der Waals surface area contributed by atoms with Crippen LogP contribution in [0.5, 0.6) is 5.75 Å². The molecule has 0 radical (unpaired) electrons. The molecule has 1 amide bonds. The number of rotatable bonds is 4. The van der Waals surface area contributed by atoms with E-state index in [4.69, 9.17) is 9.47 Å². The summed E-state index contributed by atoms with van der Waals surface area (Å²) in [4.78, 5) is 13.1. The number of benzene rings is 2. The van der Waals surface area contributed by atoms with Crippen LogP contribution in [0.3, 0.4) is 0 Å². The fourth-order valence-corrected chi connectivity index (χ4v) is 4.86. The minimum absolute atomic E-state index is 0.175. The number of nitrogens with zero attached hydrogens (tertiary/aromatic N) is 1. The molecule has 2 aromatic carbocycles. The summed E-state index contributed by atoms with van der Waals surface area (Å²) in [5.41, 5.74) is 0.153. The number of hydrogen-bond acceptors (Lipinski definition) is 6. The average Bonchev–Trinajstić information content (AvgIpc) is 2.66. The van der Waals surface area contributed by atoms with Crippen molar-refractivity contribution in [1.82, 2.24) is 0 Å². The predicted octanol–water partition coefficient (Wildman–Crippen LogP) is 4.34. The predicted molar refractivity (Wildman–Crippen MR) is 115 cm³/mol. The molecule has 0 atom stereocenters. The van der Waals surface area contributed by atoms with E-state index >= 15 is 0 Å². The summed E-state index contributed by atoms with van der Waals surface area (Å²) in [6.45, 7) is 5.72. The van der Waals surface area contributed by atoms with E-state index < -0.39 is 21.7 Å². The number of amides is 1. The Morgan fingerprint density at radius 2 is 1.97 bits per heavy atom. The number of thioether (sulfide) groups is 1. The molecular formula is C20H24N2O5S2. The van der Waals surface area contributed by atoms with Crippen LogP contribution in [0, 0.1) is 0 Å². The van der Waals surface area contributed by atoms with Gasteiger partial charge in [0.15, 0.2) is 0 Å². The Balaban J connectivity index is 1.93. The summed E-state index contributed by atoms with van der Waals surface area (Å²) in [6, 6.07) is 11.7. The topological polar surface area (TPSA) is 84.9 Å². The second-order valence-corrected chi connectivity index (χ2v) is 10.2. The highest BCUT2D eigenvalue weighted by Gasteiger charge is 2.31. The van der Waals surface area contributed by atoms with Crippen LogP contribution in [0.25, 0.3) is 0 Å². The van der Waals surface area contributed by atoms with Crippen LogP contribution in [0.1, 0.15) is 20.8 Å². The van der Waals surface area contributed by atoms with Gasteiger partial charge in [-0.2, -0.15) is 0 Å². The molecule has 0 fully saturated rings. The first-order valence-electron chi connectivity index (χ1n) is 9.04. The molecule has 0 aromatic heterocycles. The van der Waals surface area contributed by atoms with Crippen molar-refractivity contribution in [3.63, 3.8) is 0 Å². The maximum absolute atomic E-state index is 13.3. The van der Waals surface area contributed by atoms with Crippen molar-refractivity contribution < 1.29 is 22.7 Å². The van der Waals surface area contributed by atoms with E-state index in [1.807, 2.05) is 12.3 Å². The number of sulfonamides is 1. The van der Waals surface area contributed by atoms with E-state index in [1.54, 1.807) is 57.2 Å². The Morgan fingerprint density at radius 1 is 1.21 bits per heavy atom. The highest BCUT2D eigenvalue weighted by Crippen LogP contribution is 2.37. The monoisotopic (exact) mass is 436 g/mol. The third kappa shape index (κ3) is 4.97. The lowest BCUT2D eigenvalue weighted by Gasteiger charge is -2.31. The van der Waals surface area contributed by atoms with Crippen molar-refractivity contribution in [2.45, 2.75) is 36.2 Å². The normalized spacial score (nSPS) is 14.0. The zero-order valence-electron chi connectivity index (χ0n) is 16.8. The van der Waals surface area contributed by atoms with E-state index in [9.17, 15) is 13.2 Å². The van der Waals surface area contributed by atoms with E-state index in [0.717, 1.165) is 4.90 Å². The van der Waals surface area contributed by atoms with Crippen molar-refractivity contribution in [3.05, 3.63) is 42.5 Å². The number of fused-ring (bicyclic) bond motifs is 1. The highest BCUT2D eigenvalue weighted by atomic mass is 32.2. The molecule has 0 spiro atoms. The number of nitrogens with one attached hydrogen (secondary N) is 1. The summed E-state index contributed by atoms with van der Waals surface area (Å²) < 4.78 is 38.8. The third-order valence-electron chi connectivity index (χ3n) is 4.05. The van der Waals surface area contributed by atoms with Gasteiger partial charge in [0.1, 0.15) is 18.0 Å². The molecule has 0 saturated heterocycles. The van der Waals surface area contributed by atoms with Gasteiger partial charge < -0.3 is 9.47 Å². The Kier molecular flexibility index (Phi) is 6.00. The minimum Gasteiger partial charge on any atom is -0.489 e. The molecule has 7 nitrogen and oxygen atoms in total. The summed E-state index contributed by atoms with van der Waals surface area (Å²) in [7, 11) is -3.79. The van der Waals surface area contributed by atoms with E-state index in [0.29, 0.717) is 17.1 Å². The van der Waals surface area contributed by atoms with Crippen molar-refractivity contribution >= 4 is 39.3 Å². The fraction of sp³-hybridized carbons (Fsp3) is 0.350. The van der Waals surface area contributed by atoms with Gasteiger partial charge >= 0.3 is 6.09 Å². The lowest BCUT2D eigenvalue weighted by molar-refractivity contribution is 0.0636. The minimum atomic E-state index is -3.79. The van der Waals surface area contributed by atoms with Gasteiger partial charge in [-0.1, -0.05) is 6.07 Å². The van der Waals surface area contributed by atoms with Gasteiger partial charge in [0.2, 0.25) is 0 Å². The van der Waals surface area contributed by atoms with E-state index in [2.05, 4.69) is 5.32 Å². The maximum Gasteiger partial charge on any atom is 0.412 e. The molecule has 0 aliphatic carbocycles. The van der Waals surface area contributed by atoms with E-state index in [-0.39, 0.29) is 18.0 Å². The van der Waals surface area contributed by atoms with Crippen LogP contribution in [-0.2, 0) is 14.8 Å². The quantitative estimate of drug-likeness (QED) is 0.718. The molecule has 3 rings (SSSR count). The number of ether oxygens (including phenoxy) is 2. The fourth-order valence-electron chi connectivity index (χ4n) is 2.83. The van der Waals surface area contributed by atoms with Gasteiger partial charge in [0.05, 0.1) is 17.1 Å². The summed E-state index contributed by atoms with van der Waals surface area (Å²) in [5, 5.41) is 2.64. The lowest BCUT2D eigenvalue weighted by atomic mass is 10.2. The van der Waals surface area contributed by atoms with Gasteiger partial charge in [0, 0.05) is 10.6 Å². The molecule has 9 heteroatoms. The van der Waals surface area contributed by atoms with Crippen molar-refractivity contribution in [1.29, 1.82) is 0 Å². The Bertz CT molecular complexity index is 1020. The van der Waals surface area contributed by atoms with Gasteiger partial charge in [-0.25, -0.2) is 13.2 Å². The van der Waals surface area contributed by atoms with Gasteiger partial charge in [-0.3, -0.25) is 9.62 Å². The lowest BCUT2D eigenvalue weighted by Crippen LogP contribution is -2.38. The van der Waals surface area contributed by atoms with Crippen LogP contribution in [0.15, 0.2) is 52.3 Å². The number of carbonyl (C=O) groups excluding carboxylic acids is 1. The van der Waals surface area contributed by atoms with Crippen molar-refractivity contribution in [2.24, 2.45) is 0 Å². The highest BCUT2D eigenvalue weighted by molar-refractivity contribution is 7.98. The van der Waals surface area contributed by atoms with Gasteiger partial charge in [-0.05, 0) is 63.4 Å². The molecule has 1 N–H and O–H groups in total. The Hall–Kier alpha value is -2.39. The molecule has 1 aliphatic heterocycles. The summed E-state index contributed by atoms with van der Waals surface area (Å²) in [6.07, 6.45) is 1.28. The number of hydrogen-bond donors (Lipinski definition) is 1. The molecule has 0 unspecified atom stereocenters. The molecule has 156 valence electrons. The first kappa shape index (κ1) is 21.3. The van der Waals surface area contributed by atoms with Gasteiger partial charge in [0.25, 0.3) is 10.0 Å². The first-order valence-corrected chi connectivity index (χ1v) is 11.7. The molecule has 29 heavy (non-hydrogen) atoms. The van der Waals surface area contributed by atoms with Crippen LogP contribution in [-0.4, -0.2) is 39.5 Å². The zero-order valence-corrected chi connectivity index (χ0v) is 18.4. The zero-order chi connectivity index (χ0) is 21.2. The first-order chi connectivity index (χ1) is 13.6. The Morgan fingerprint density at radius 3 is 2.66 bits per heavy atom. The smallest absolute Gasteiger partial charge is 0.412 e. The molecule has 2 aromatic rings. The summed E-state index contributed by atoms with van der Waals surface area (Å²) >= 11 is 1.48. The molecule has 1 heterocycles. The van der Waals surface area contributed by atoms with Crippen LogP contribution in [0.4, 0.5) is 16.2 Å². The average molecular weight is 437 g/mol. The Labute approximate surface area is 175 Å². The number of anilines is 2. The van der Waals surface area contributed by atoms with Crippen molar-refractivity contribution in [3.8, 4) is 5.75 Å². The maximum atomic E-state index is 13.3. The van der Waals surface area contributed by atoms with Crippen LogP contribution >= 0.6 is 11.8 Å². The van der Waals surface area contributed by atoms with Gasteiger partial charge in [-0.15, -0.1) is 11.8 Å². The standard InChI is InChI=1S/C20H24N2O5S2/c1-20(2,3)27-19(23)21-14-8-9-18-17(12-14)22(10-11-26-18)29(24,25)16-7-5-6-15(13-16)28-4/h5-9,12-13H,10-11H2,1-4H3,(H,21,23). The third-order valence-corrected chi connectivity index (χ3v) is 6.59. The van der Waals surface area contributed by atoms with Crippen LogP contribution < -0.4 is 14.4 Å². The van der Waals surface area contributed by atoms with Crippen LogP contribution in [0.2, 0.25) is 0 Å². The second-order valence-electron chi connectivity index (χ2n) is 7.41. The second kappa shape index (κ2) is 8.16.